The van der Waals surface area contributed by atoms with Crippen LogP contribution in [0.15, 0.2) is 54.6 Å². The van der Waals surface area contributed by atoms with Crippen LogP contribution in [-0.4, -0.2) is 20.6 Å². The van der Waals surface area contributed by atoms with Crippen molar-refractivity contribution in [1.82, 2.24) is 5.32 Å². The number of rotatable bonds is 7. The summed E-state index contributed by atoms with van der Waals surface area (Å²) in [5, 5.41) is 2.86. The number of carbonyl (C=O) groups excluding carboxylic acids is 1. The summed E-state index contributed by atoms with van der Waals surface area (Å²) in [5.74, 6) is -0.604. The largest absolute Gasteiger partial charge is 0.352 e. The minimum atomic E-state index is -3.14. The van der Waals surface area contributed by atoms with Crippen molar-refractivity contribution < 1.29 is 13.2 Å². The van der Waals surface area contributed by atoms with E-state index in [1.807, 2.05) is 42.5 Å². The van der Waals surface area contributed by atoms with Crippen LogP contribution in [0.3, 0.4) is 0 Å². The summed E-state index contributed by atoms with van der Waals surface area (Å²) in [6.45, 7) is 2.06. The van der Waals surface area contributed by atoms with E-state index in [0.717, 1.165) is 11.1 Å². The first kappa shape index (κ1) is 22.2. The molecule has 0 heterocycles. The van der Waals surface area contributed by atoms with Gasteiger partial charge in [0.05, 0.1) is 11.7 Å². The quantitative estimate of drug-likeness (QED) is 0.752. The zero-order chi connectivity index (χ0) is 18.4. The first-order valence-electron chi connectivity index (χ1n) is 8.10. The molecule has 0 radical (unpaired) electrons. The average Bonchev–Trinajstić information content (AvgIpc) is 2.59. The molecule has 0 fully saturated rings. The lowest BCUT2D eigenvalue weighted by Crippen LogP contribution is -2.35. The van der Waals surface area contributed by atoms with E-state index >= 15 is 0 Å². The number of nitrogens with one attached hydrogen (secondary N) is 1. The minimum absolute atomic E-state index is 0. The summed E-state index contributed by atoms with van der Waals surface area (Å²) < 4.78 is 23.1. The zero-order valence-corrected chi connectivity index (χ0v) is 16.5. The van der Waals surface area contributed by atoms with E-state index in [1.54, 1.807) is 19.1 Å². The molecule has 0 aliphatic carbocycles. The van der Waals surface area contributed by atoms with Crippen molar-refractivity contribution in [1.29, 1.82) is 0 Å². The third-order valence-electron chi connectivity index (χ3n) is 4.13. The van der Waals surface area contributed by atoms with E-state index in [0.29, 0.717) is 5.56 Å². The molecule has 1 amide bonds. The van der Waals surface area contributed by atoms with Crippen molar-refractivity contribution in [3.8, 4) is 0 Å². The van der Waals surface area contributed by atoms with Crippen LogP contribution in [0, 0.1) is 5.92 Å². The first-order valence-corrected chi connectivity index (χ1v) is 10.2. The van der Waals surface area contributed by atoms with Crippen molar-refractivity contribution in [2.45, 2.75) is 25.3 Å². The summed E-state index contributed by atoms with van der Waals surface area (Å²) in [7, 11) is -3.14. The highest BCUT2D eigenvalue weighted by molar-refractivity contribution is 7.89. The molecule has 2 aromatic rings. The van der Waals surface area contributed by atoms with Crippen LogP contribution in [-0.2, 0) is 26.9 Å². The number of sulfone groups is 1. The summed E-state index contributed by atoms with van der Waals surface area (Å²) in [5.41, 5.74) is 8.58. The van der Waals surface area contributed by atoms with Crippen molar-refractivity contribution in [2.24, 2.45) is 11.7 Å². The number of hydrogen-bond acceptors (Lipinski definition) is 4. The molecule has 2 aromatic carbocycles. The van der Waals surface area contributed by atoms with Gasteiger partial charge in [-0.2, -0.15) is 0 Å². The van der Waals surface area contributed by atoms with Crippen LogP contribution in [0.4, 0.5) is 0 Å². The lowest BCUT2D eigenvalue weighted by atomic mass is 9.94. The first-order chi connectivity index (χ1) is 11.8. The third-order valence-corrected chi connectivity index (χ3v) is 4.96. The van der Waals surface area contributed by atoms with Gasteiger partial charge in [0.15, 0.2) is 9.84 Å². The van der Waals surface area contributed by atoms with Crippen molar-refractivity contribution in [3.63, 3.8) is 0 Å². The van der Waals surface area contributed by atoms with Crippen molar-refractivity contribution in [2.75, 3.05) is 6.26 Å². The topological polar surface area (TPSA) is 89.3 Å². The Balaban J connectivity index is 0.00000338. The molecule has 7 heteroatoms. The number of amides is 1. The van der Waals surface area contributed by atoms with Gasteiger partial charge in [0, 0.05) is 18.8 Å². The van der Waals surface area contributed by atoms with Gasteiger partial charge >= 0.3 is 0 Å². The normalized spacial score (nSPS) is 13.3. The van der Waals surface area contributed by atoms with Gasteiger partial charge in [-0.05, 0) is 16.7 Å². The third kappa shape index (κ3) is 6.44. The maximum absolute atomic E-state index is 12.4. The molecule has 2 atom stereocenters. The summed E-state index contributed by atoms with van der Waals surface area (Å²) in [6.07, 6.45) is 1.20. The summed E-state index contributed by atoms with van der Waals surface area (Å²) >= 11 is 0. The van der Waals surface area contributed by atoms with Gasteiger partial charge in [-0.25, -0.2) is 8.42 Å². The number of benzene rings is 2. The minimum Gasteiger partial charge on any atom is -0.352 e. The lowest BCUT2D eigenvalue weighted by Gasteiger charge is -2.20. The number of nitrogens with two attached hydrogens (primary N) is 1. The van der Waals surface area contributed by atoms with E-state index in [1.165, 1.54) is 6.26 Å². The fourth-order valence-electron chi connectivity index (χ4n) is 2.62. The lowest BCUT2D eigenvalue weighted by molar-refractivity contribution is -0.125. The average molecular weight is 397 g/mol. The second kappa shape index (κ2) is 9.71. The Morgan fingerprint density at radius 2 is 1.58 bits per heavy atom. The molecule has 0 aromatic heterocycles. The van der Waals surface area contributed by atoms with Crippen LogP contribution in [0.25, 0.3) is 0 Å². The SMILES string of the molecule is CC(C(=O)NCc1ccccc1CS(C)(=O)=O)C(N)c1ccccc1.Cl. The fraction of sp³-hybridized carbons (Fsp3) is 0.316. The Hall–Kier alpha value is -1.89. The Labute approximate surface area is 161 Å². The highest BCUT2D eigenvalue weighted by Gasteiger charge is 2.22. The molecule has 142 valence electrons. The smallest absolute Gasteiger partial charge is 0.225 e. The van der Waals surface area contributed by atoms with Gasteiger partial charge in [-0.3, -0.25) is 4.79 Å². The maximum atomic E-state index is 12.4. The molecule has 0 saturated heterocycles. The molecule has 3 N–H and O–H groups in total. The molecule has 0 spiro atoms. The predicted molar refractivity (Wildman–Crippen MR) is 107 cm³/mol. The Bertz CT molecular complexity index is 826. The zero-order valence-electron chi connectivity index (χ0n) is 14.9. The fourth-order valence-corrected chi connectivity index (χ4v) is 3.47. The molecule has 0 aliphatic heterocycles. The highest BCUT2D eigenvalue weighted by atomic mass is 35.5. The number of halogens is 1. The molecule has 0 bridgehead atoms. The maximum Gasteiger partial charge on any atom is 0.225 e. The predicted octanol–water partition coefficient (Wildman–Crippen LogP) is 2.61. The van der Waals surface area contributed by atoms with Gasteiger partial charge in [0.25, 0.3) is 0 Å². The van der Waals surface area contributed by atoms with Crippen LogP contribution >= 0.6 is 12.4 Å². The molecule has 5 nitrogen and oxygen atoms in total. The Kier molecular flexibility index (Phi) is 8.27. The number of carbonyl (C=O) groups is 1. The van der Waals surface area contributed by atoms with Gasteiger partial charge in [-0.15, -0.1) is 12.4 Å². The molecule has 26 heavy (non-hydrogen) atoms. The van der Waals surface area contributed by atoms with Gasteiger partial charge in [-0.1, -0.05) is 61.5 Å². The van der Waals surface area contributed by atoms with Crippen LogP contribution in [0.5, 0.6) is 0 Å². The number of hydrogen-bond donors (Lipinski definition) is 2. The van der Waals surface area contributed by atoms with Crippen LogP contribution < -0.4 is 11.1 Å². The highest BCUT2D eigenvalue weighted by Crippen LogP contribution is 2.19. The summed E-state index contributed by atoms with van der Waals surface area (Å²) in [6, 6.07) is 16.3. The molecule has 2 unspecified atom stereocenters. The van der Waals surface area contributed by atoms with Gasteiger partial charge in [0.1, 0.15) is 0 Å². The van der Waals surface area contributed by atoms with Crippen LogP contribution in [0.2, 0.25) is 0 Å². The standard InChI is InChI=1S/C19H24N2O3S.ClH/c1-14(18(20)15-8-4-3-5-9-15)19(22)21-12-16-10-6-7-11-17(16)13-25(2,23)24;/h3-11,14,18H,12-13,20H2,1-2H3,(H,21,22);1H. The van der Waals surface area contributed by atoms with E-state index in [9.17, 15) is 13.2 Å². The molecule has 2 rings (SSSR count). The second-order valence-corrected chi connectivity index (χ2v) is 8.42. The molecular weight excluding hydrogens is 372 g/mol. The Morgan fingerprint density at radius 1 is 1.04 bits per heavy atom. The summed E-state index contributed by atoms with van der Waals surface area (Å²) in [4.78, 5) is 12.4. The molecule has 0 saturated carbocycles. The van der Waals surface area contributed by atoms with Crippen molar-refractivity contribution >= 4 is 28.2 Å². The second-order valence-electron chi connectivity index (χ2n) is 6.28. The van der Waals surface area contributed by atoms with Crippen molar-refractivity contribution in [3.05, 3.63) is 71.3 Å². The van der Waals surface area contributed by atoms with E-state index in [4.69, 9.17) is 5.73 Å². The van der Waals surface area contributed by atoms with Gasteiger partial charge < -0.3 is 11.1 Å². The monoisotopic (exact) mass is 396 g/mol. The molecule has 0 aliphatic rings. The van der Waals surface area contributed by atoms with Crippen LogP contribution in [0.1, 0.15) is 29.7 Å². The van der Waals surface area contributed by atoms with E-state index in [-0.39, 0.29) is 30.6 Å². The van der Waals surface area contributed by atoms with E-state index < -0.39 is 21.8 Å². The van der Waals surface area contributed by atoms with E-state index in [2.05, 4.69) is 5.32 Å². The van der Waals surface area contributed by atoms with Gasteiger partial charge in [0.2, 0.25) is 5.91 Å². The Morgan fingerprint density at radius 3 is 2.15 bits per heavy atom. The molecular formula is C19H25ClN2O3S.